The van der Waals surface area contributed by atoms with Crippen LogP contribution in [0.25, 0.3) is 0 Å². The number of hydrogen-bond donors (Lipinski definition) is 3. The first kappa shape index (κ1) is 13.1. The molecule has 0 bridgehead atoms. The molecule has 8 nitrogen and oxygen atoms in total. The van der Waals surface area contributed by atoms with Gasteiger partial charge in [-0.15, -0.1) is 0 Å². The van der Waals surface area contributed by atoms with Crippen LogP contribution in [0.1, 0.15) is 12.8 Å². The molecule has 1 aromatic heterocycles. The van der Waals surface area contributed by atoms with Crippen molar-refractivity contribution in [1.82, 2.24) is 14.9 Å². The Bertz CT molecular complexity index is 613. The lowest BCUT2D eigenvalue weighted by Gasteiger charge is -2.15. The Kier molecular flexibility index (Phi) is 3.50. The van der Waals surface area contributed by atoms with Gasteiger partial charge in [0, 0.05) is 18.2 Å². The fourth-order valence-electron chi connectivity index (χ4n) is 1.61. The molecule has 0 aliphatic heterocycles. The summed E-state index contributed by atoms with van der Waals surface area (Å²) in [6.45, 7) is -0.233. The van der Waals surface area contributed by atoms with Crippen molar-refractivity contribution in [3.8, 4) is 0 Å². The molecule has 1 atom stereocenters. The smallest absolute Gasteiger partial charge is 0.328 e. The lowest BCUT2D eigenvalue weighted by atomic mass is 10.2. The molecular formula is C11H13N3O5. The van der Waals surface area contributed by atoms with Crippen molar-refractivity contribution in [3.05, 3.63) is 33.1 Å². The molecule has 19 heavy (non-hydrogen) atoms. The number of carboxylic acids is 1. The summed E-state index contributed by atoms with van der Waals surface area (Å²) in [4.78, 5) is 46.9. The lowest BCUT2D eigenvalue weighted by molar-refractivity contribution is -0.142. The van der Waals surface area contributed by atoms with E-state index in [0.29, 0.717) is 0 Å². The second kappa shape index (κ2) is 5.09. The second-order valence-corrected chi connectivity index (χ2v) is 4.44. The van der Waals surface area contributed by atoms with Crippen LogP contribution in [0, 0.1) is 5.92 Å². The molecule has 1 saturated carbocycles. The zero-order valence-corrected chi connectivity index (χ0v) is 9.96. The van der Waals surface area contributed by atoms with Crippen LogP contribution in [0.4, 0.5) is 0 Å². The maximum absolute atomic E-state index is 11.5. The first-order valence-electron chi connectivity index (χ1n) is 5.80. The van der Waals surface area contributed by atoms with E-state index in [1.165, 1.54) is 6.20 Å². The molecule has 1 fully saturated rings. The number of aromatic nitrogens is 2. The molecule has 0 radical (unpaired) electrons. The maximum atomic E-state index is 11.5. The van der Waals surface area contributed by atoms with Crippen LogP contribution in [0.5, 0.6) is 0 Å². The highest BCUT2D eigenvalue weighted by Crippen LogP contribution is 2.28. The number of carbonyl (C=O) groups is 2. The standard InChI is InChI=1S/C11H13N3O5/c15-8-3-4-14(11(19)13-8)5-7(10(17)18)12-9(16)6-1-2-6/h3-4,6-7H,1-2,5H2,(H,12,16)(H,17,18)(H,13,15,19)/t7-/m0/s1. The maximum Gasteiger partial charge on any atom is 0.328 e. The van der Waals surface area contributed by atoms with Crippen molar-refractivity contribution in [1.29, 1.82) is 0 Å². The van der Waals surface area contributed by atoms with Crippen LogP contribution >= 0.6 is 0 Å². The average Bonchev–Trinajstić information content (AvgIpc) is 3.15. The molecule has 8 heteroatoms. The van der Waals surface area contributed by atoms with Crippen LogP contribution in [-0.2, 0) is 16.1 Å². The molecule has 0 aromatic carbocycles. The van der Waals surface area contributed by atoms with Gasteiger partial charge in [0.05, 0.1) is 6.54 Å². The minimum Gasteiger partial charge on any atom is -0.480 e. The lowest BCUT2D eigenvalue weighted by Crippen LogP contribution is -2.46. The molecule has 1 heterocycles. The number of nitrogens with one attached hydrogen (secondary N) is 2. The molecule has 102 valence electrons. The number of amides is 1. The van der Waals surface area contributed by atoms with E-state index in [1.54, 1.807) is 0 Å². The Morgan fingerprint density at radius 1 is 1.47 bits per heavy atom. The Hall–Kier alpha value is -2.38. The van der Waals surface area contributed by atoms with Crippen molar-refractivity contribution in [3.63, 3.8) is 0 Å². The van der Waals surface area contributed by atoms with E-state index >= 15 is 0 Å². The highest BCUT2D eigenvalue weighted by molar-refractivity contribution is 5.86. The Morgan fingerprint density at radius 2 is 2.16 bits per heavy atom. The van der Waals surface area contributed by atoms with Gasteiger partial charge in [-0.1, -0.05) is 0 Å². The van der Waals surface area contributed by atoms with Crippen molar-refractivity contribution < 1.29 is 14.7 Å². The van der Waals surface area contributed by atoms with Crippen LogP contribution < -0.4 is 16.6 Å². The molecule has 0 unspecified atom stereocenters. The summed E-state index contributed by atoms with van der Waals surface area (Å²) in [5.74, 6) is -1.66. The van der Waals surface area contributed by atoms with Crippen molar-refractivity contribution >= 4 is 11.9 Å². The quantitative estimate of drug-likeness (QED) is 0.600. The number of nitrogens with zero attached hydrogens (tertiary/aromatic N) is 1. The molecule has 3 N–H and O–H groups in total. The zero-order chi connectivity index (χ0) is 14.0. The summed E-state index contributed by atoms with van der Waals surface area (Å²) in [5, 5.41) is 11.4. The first-order valence-corrected chi connectivity index (χ1v) is 5.80. The van der Waals surface area contributed by atoms with Gasteiger partial charge < -0.3 is 10.4 Å². The summed E-state index contributed by atoms with van der Waals surface area (Å²) >= 11 is 0. The van der Waals surface area contributed by atoms with Gasteiger partial charge in [-0.3, -0.25) is 19.1 Å². The van der Waals surface area contributed by atoms with E-state index in [1.807, 2.05) is 4.98 Å². The predicted molar refractivity (Wildman–Crippen MR) is 63.6 cm³/mol. The number of carbonyl (C=O) groups excluding carboxylic acids is 1. The van der Waals surface area contributed by atoms with Gasteiger partial charge in [0.2, 0.25) is 5.91 Å². The number of rotatable bonds is 5. The summed E-state index contributed by atoms with van der Waals surface area (Å²) in [7, 11) is 0. The average molecular weight is 267 g/mol. The topological polar surface area (TPSA) is 121 Å². The van der Waals surface area contributed by atoms with E-state index in [4.69, 9.17) is 5.11 Å². The first-order chi connectivity index (χ1) is 8.97. The molecule has 1 aliphatic rings. The van der Waals surface area contributed by atoms with Gasteiger partial charge >= 0.3 is 11.7 Å². The summed E-state index contributed by atoms with van der Waals surface area (Å²) < 4.78 is 1.04. The summed E-state index contributed by atoms with van der Waals surface area (Å²) in [5.41, 5.74) is -1.27. The highest BCUT2D eigenvalue weighted by atomic mass is 16.4. The van der Waals surface area contributed by atoms with Crippen molar-refractivity contribution in [2.45, 2.75) is 25.4 Å². The molecule has 0 saturated heterocycles. The largest absolute Gasteiger partial charge is 0.480 e. The van der Waals surface area contributed by atoms with E-state index < -0.39 is 23.3 Å². The van der Waals surface area contributed by atoms with Crippen LogP contribution in [0.2, 0.25) is 0 Å². The third kappa shape index (κ3) is 3.30. The second-order valence-electron chi connectivity index (χ2n) is 4.44. The number of carboxylic acid groups (broad SMARTS) is 1. The normalized spacial score (nSPS) is 15.8. The predicted octanol–water partition coefficient (Wildman–Crippen LogP) is -1.48. The van der Waals surface area contributed by atoms with Crippen molar-refractivity contribution in [2.24, 2.45) is 5.92 Å². The van der Waals surface area contributed by atoms with Gasteiger partial charge in [-0.25, -0.2) is 9.59 Å². The van der Waals surface area contributed by atoms with Gasteiger partial charge in [0.1, 0.15) is 6.04 Å². The molecule has 1 aliphatic carbocycles. The number of aromatic amines is 1. The number of aliphatic carboxylic acids is 1. The third-order valence-corrected chi connectivity index (χ3v) is 2.84. The minimum atomic E-state index is -1.23. The Labute approximate surface area is 107 Å². The molecule has 1 amide bonds. The van der Waals surface area contributed by atoms with E-state index in [0.717, 1.165) is 23.5 Å². The summed E-state index contributed by atoms with van der Waals surface area (Å²) in [6.07, 6.45) is 2.72. The molecule has 1 aromatic rings. The van der Waals surface area contributed by atoms with Crippen LogP contribution in [-0.4, -0.2) is 32.6 Å². The van der Waals surface area contributed by atoms with Gasteiger partial charge in [0.15, 0.2) is 0 Å². The Balaban J connectivity index is 2.11. The fourth-order valence-corrected chi connectivity index (χ4v) is 1.61. The molecule has 2 rings (SSSR count). The van der Waals surface area contributed by atoms with E-state index in [-0.39, 0.29) is 18.4 Å². The van der Waals surface area contributed by atoms with Crippen LogP contribution in [0.15, 0.2) is 21.9 Å². The summed E-state index contributed by atoms with van der Waals surface area (Å²) in [6, 6.07) is -0.0834. The third-order valence-electron chi connectivity index (χ3n) is 2.84. The van der Waals surface area contributed by atoms with Gasteiger partial charge in [-0.05, 0) is 12.8 Å². The van der Waals surface area contributed by atoms with Gasteiger partial charge in [0.25, 0.3) is 5.56 Å². The van der Waals surface area contributed by atoms with Crippen LogP contribution in [0.3, 0.4) is 0 Å². The van der Waals surface area contributed by atoms with Crippen molar-refractivity contribution in [2.75, 3.05) is 0 Å². The minimum absolute atomic E-state index is 0.117. The fraction of sp³-hybridized carbons (Fsp3) is 0.455. The zero-order valence-electron chi connectivity index (χ0n) is 9.96. The molecule has 0 spiro atoms. The number of H-pyrrole nitrogens is 1. The SMILES string of the molecule is O=C(N[C@@H](Cn1ccc(=O)[nH]c1=O)C(=O)O)C1CC1. The van der Waals surface area contributed by atoms with E-state index in [9.17, 15) is 19.2 Å². The molecular weight excluding hydrogens is 254 g/mol. The van der Waals surface area contributed by atoms with E-state index in [2.05, 4.69) is 5.32 Å². The Morgan fingerprint density at radius 3 is 2.68 bits per heavy atom. The highest BCUT2D eigenvalue weighted by Gasteiger charge is 2.32. The monoisotopic (exact) mass is 267 g/mol. The van der Waals surface area contributed by atoms with Gasteiger partial charge in [-0.2, -0.15) is 0 Å². The number of hydrogen-bond acceptors (Lipinski definition) is 4.